The fourth-order valence-electron chi connectivity index (χ4n) is 5.32. The largest absolute Gasteiger partial charge is 0.547 e. The predicted octanol–water partition coefficient (Wildman–Crippen LogP) is 0.902. The van der Waals surface area contributed by atoms with E-state index in [-0.39, 0.29) is 12.0 Å². The van der Waals surface area contributed by atoms with Crippen LogP contribution in [-0.2, 0) is 21.2 Å². The van der Waals surface area contributed by atoms with Gasteiger partial charge in [-0.2, -0.15) is 0 Å². The Kier molecular flexibility index (Phi) is 11.1. The van der Waals surface area contributed by atoms with Gasteiger partial charge in [-0.15, -0.1) is 0 Å². The Bertz CT molecular complexity index is 2100. The highest BCUT2D eigenvalue weighted by atomic mass is 35.5. The van der Waals surface area contributed by atoms with E-state index in [2.05, 4.69) is 26.3 Å². The van der Waals surface area contributed by atoms with Crippen LogP contribution in [0, 0.1) is 11.6 Å². The van der Waals surface area contributed by atoms with Crippen molar-refractivity contribution < 1.29 is 66.2 Å². The number of pyridine rings is 1. The molecule has 24 heteroatoms. The van der Waals surface area contributed by atoms with E-state index < -0.39 is 130 Å². The number of hydrogen-bond acceptors (Lipinski definition) is 12. The maximum atomic E-state index is 14.6. The number of carbonyl (C=O) groups is 5. The fraction of sp³-hybridized carbons (Fsp3) is 0.241. The second-order valence-corrected chi connectivity index (χ2v) is 13.7. The number of nitrogens with zero attached hydrogens (tertiary/aromatic N) is 3. The first-order valence-corrected chi connectivity index (χ1v) is 17.2. The van der Waals surface area contributed by atoms with Crippen LogP contribution in [0.3, 0.4) is 0 Å². The molecule has 0 aliphatic carbocycles. The van der Waals surface area contributed by atoms with E-state index in [0.717, 1.165) is 12.1 Å². The minimum Gasteiger partial charge on any atom is -0.534 e. The van der Waals surface area contributed by atoms with Crippen molar-refractivity contribution in [3.05, 3.63) is 76.1 Å². The lowest BCUT2D eigenvalue weighted by Gasteiger charge is -2.31. The van der Waals surface area contributed by atoms with Crippen molar-refractivity contribution >= 4 is 64.4 Å². The van der Waals surface area contributed by atoms with Gasteiger partial charge in [0, 0.05) is 30.2 Å². The lowest BCUT2D eigenvalue weighted by Crippen LogP contribution is -2.56. The molecule has 7 amide bonds. The summed E-state index contributed by atoms with van der Waals surface area (Å²) in [7, 11) is -6.43. The molecule has 2 atom stereocenters. The summed E-state index contributed by atoms with van der Waals surface area (Å²) in [6.45, 7) is -1.51. The molecule has 5 rings (SSSR count). The molecule has 2 aliphatic rings. The number of nitrogens with one attached hydrogen (secondary N) is 4. The first-order valence-electron chi connectivity index (χ1n) is 15.2. The van der Waals surface area contributed by atoms with Gasteiger partial charge in [0.1, 0.15) is 23.2 Å². The average Bonchev–Trinajstić information content (AvgIpc) is 3.50. The number of carboxylic acid groups (broad SMARTS) is 1. The third-order valence-electron chi connectivity index (χ3n) is 7.92. The van der Waals surface area contributed by atoms with Gasteiger partial charge in [-0.3, -0.25) is 9.78 Å². The van der Waals surface area contributed by atoms with Gasteiger partial charge >= 0.3 is 31.2 Å². The number of fused-ring (bicyclic) bond motifs is 1. The Labute approximate surface area is 302 Å². The van der Waals surface area contributed by atoms with Gasteiger partial charge in [0.15, 0.2) is 17.3 Å². The summed E-state index contributed by atoms with van der Waals surface area (Å²) in [4.78, 5) is 68.1. The Morgan fingerprint density at radius 2 is 1.77 bits per heavy atom. The molecule has 1 aromatic heterocycles. The molecular formula is C29H27BClF2N7O12S. The minimum absolute atomic E-state index is 0.0416. The third kappa shape index (κ3) is 8.10. The standard InChI is InChI=1S/C29H27BClF2N7O12S/c31-20-15(12-17(33)22(41)23(20)42)21(25(43)37-18-11-13-1-2-16(32)19(26(44)45)24(13)52-30(18)49)38-28(47)39-8-9-40(29(39)48)53(50,51)10-7-35-27(46)36-14-3-5-34-6-4-14/h1-6,12,18,21,41-42,49H,7-11H2,(H,37,43)(H,38,47)(H,44,45)(H2,34,35,36,46)/t18-,21+/m0/s1. The number of halogens is 3. The van der Waals surface area contributed by atoms with E-state index in [1.54, 1.807) is 0 Å². The molecule has 0 saturated carbocycles. The highest BCUT2D eigenvalue weighted by Crippen LogP contribution is 2.41. The van der Waals surface area contributed by atoms with Gasteiger partial charge in [0.25, 0.3) is 0 Å². The van der Waals surface area contributed by atoms with E-state index in [4.69, 9.17) is 16.3 Å². The number of rotatable bonds is 10. The maximum absolute atomic E-state index is 14.6. The number of amides is 7. The summed E-state index contributed by atoms with van der Waals surface area (Å²) >= 11 is 6.10. The number of sulfonamides is 1. The molecule has 0 radical (unpaired) electrons. The summed E-state index contributed by atoms with van der Waals surface area (Å²) < 4.78 is 60.3. The number of imide groups is 1. The van der Waals surface area contributed by atoms with Crippen molar-refractivity contribution in [1.82, 2.24) is 30.1 Å². The van der Waals surface area contributed by atoms with Crippen LogP contribution in [0.2, 0.25) is 5.02 Å². The van der Waals surface area contributed by atoms with E-state index in [1.807, 2.05) is 0 Å². The summed E-state index contributed by atoms with van der Waals surface area (Å²) in [6, 6.07) is -0.232. The van der Waals surface area contributed by atoms with Gasteiger partial charge in [0.2, 0.25) is 15.9 Å². The molecule has 53 heavy (non-hydrogen) atoms. The molecule has 2 aliphatic heterocycles. The van der Waals surface area contributed by atoms with Gasteiger partial charge in [0.05, 0.1) is 29.8 Å². The number of benzene rings is 2. The van der Waals surface area contributed by atoms with Gasteiger partial charge in [-0.05, 0) is 36.2 Å². The van der Waals surface area contributed by atoms with Crippen molar-refractivity contribution in [2.45, 2.75) is 18.4 Å². The number of phenolic OH excluding ortho intramolecular Hbond substituents is 2. The van der Waals surface area contributed by atoms with Crippen molar-refractivity contribution in [3.8, 4) is 17.2 Å². The molecule has 2 aromatic carbocycles. The molecule has 8 N–H and O–H groups in total. The molecule has 1 saturated heterocycles. The highest BCUT2D eigenvalue weighted by molar-refractivity contribution is 7.89. The lowest BCUT2D eigenvalue weighted by atomic mass is 9.72. The summed E-state index contributed by atoms with van der Waals surface area (Å²) in [6.07, 6.45) is 2.47. The van der Waals surface area contributed by atoms with Gasteiger partial charge in [-0.25, -0.2) is 45.6 Å². The van der Waals surface area contributed by atoms with Crippen LogP contribution >= 0.6 is 11.6 Å². The Balaban J connectivity index is 1.31. The van der Waals surface area contributed by atoms with Crippen LogP contribution in [0.4, 0.5) is 28.9 Å². The van der Waals surface area contributed by atoms with Gasteiger partial charge < -0.3 is 46.3 Å². The van der Waals surface area contributed by atoms with E-state index in [1.165, 1.54) is 24.5 Å². The highest BCUT2D eigenvalue weighted by Gasteiger charge is 2.43. The zero-order chi connectivity index (χ0) is 38.8. The fourth-order valence-corrected chi connectivity index (χ4v) is 6.85. The second kappa shape index (κ2) is 15.4. The second-order valence-electron chi connectivity index (χ2n) is 11.3. The number of aromatic hydroxyl groups is 2. The first-order chi connectivity index (χ1) is 25.0. The Morgan fingerprint density at radius 1 is 1.08 bits per heavy atom. The van der Waals surface area contributed by atoms with Crippen LogP contribution in [-0.4, -0.2) is 111 Å². The molecule has 0 spiro atoms. The van der Waals surface area contributed by atoms with Crippen molar-refractivity contribution in [3.63, 3.8) is 0 Å². The predicted molar refractivity (Wildman–Crippen MR) is 177 cm³/mol. The summed E-state index contributed by atoms with van der Waals surface area (Å²) in [5, 5.41) is 48.3. The lowest BCUT2D eigenvalue weighted by molar-refractivity contribution is -0.123. The number of anilines is 1. The summed E-state index contributed by atoms with van der Waals surface area (Å²) in [5.74, 6) is -10.9. The summed E-state index contributed by atoms with van der Waals surface area (Å²) in [5.41, 5.74) is -1.14. The first kappa shape index (κ1) is 38.3. The molecule has 280 valence electrons. The maximum Gasteiger partial charge on any atom is 0.547 e. The van der Waals surface area contributed by atoms with Crippen molar-refractivity contribution in [2.75, 3.05) is 30.7 Å². The van der Waals surface area contributed by atoms with Crippen LogP contribution in [0.1, 0.15) is 27.5 Å². The smallest absolute Gasteiger partial charge is 0.534 e. The van der Waals surface area contributed by atoms with Crippen LogP contribution < -0.4 is 25.9 Å². The topological polar surface area (TPSA) is 277 Å². The average molecular weight is 782 g/mol. The number of carboxylic acids is 1. The Morgan fingerprint density at radius 3 is 2.45 bits per heavy atom. The zero-order valence-corrected chi connectivity index (χ0v) is 28.3. The van der Waals surface area contributed by atoms with E-state index >= 15 is 0 Å². The number of carbonyl (C=O) groups excluding carboxylic acids is 4. The molecule has 0 unspecified atom stereocenters. The molecular weight excluding hydrogens is 755 g/mol. The molecule has 3 heterocycles. The molecule has 19 nitrogen and oxygen atoms in total. The van der Waals surface area contributed by atoms with Crippen LogP contribution in [0.25, 0.3) is 0 Å². The number of aromatic carboxylic acids is 1. The number of hydrogen-bond donors (Lipinski definition) is 8. The third-order valence-corrected chi connectivity index (χ3v) is 10.1. The number of aromatic nitrogens is 1. The van der Waals surface area contributed by atoms with Crippen LogP contribution in [0.15, 0.2) is 42.7 Å². The Hall–Kier alpha value is -5.94. The van der Waals surface area contributed by atoms with E-state index in [0.29, 0.717) is 21.0 Å². The molecule has 1 fully saturated rings. The van der Waals surface area contributed by atoms with Gasteiger partial charge in [-0.1, -0.05) is 17.7 Å². The monoisotopic (exact) mass is 781 g/mol. The zero-order valence-electron chi connectivity index (χ0n) is 26.7. The quantitative estimate of drug-likeness (QED) is 0.105. The number of phenols is 2. The molecule has 3 aromatic rings. The molecule has 0 bridgehead atoms. The van der Waals surface area contributed by atoms with E-state index in [9.17, 15) is 61.5 Å². The van der Waals surface area contributed by atoms with Crippen LogP contribution in [0.5, 0.6) is 17.2 Å². The van der Waals surface area contributed by atoms with Crippen molar-refractivity contribution in [2.24, 2.45) is 0 Å². The SMILES string of the molecule is O=C(NCCS(=O)(=O)N1CCN(C(=O)N[C@@H](C(=O)N[C@H]2Cc3ccc(F)c(C(=O)O)c3OB2O)c2cc(F)c(O)c(O)c2Cl)C1=O)Nc1ccncc1. The number of urea groups is 3. The van der Waals surface area contributed by atoms with Crippen molar-refractivity contribution in [1.29, 1.82) is 0 Å². The minimum atomic E-state index is -4.43. The normalized spacial score (nSPS) is 16.0.